The Morgan fingerprint density at radius 3 is 0.789 bits per heavy atom. The summed E-state index contributed by atoms with van der Waals surface area (Å²) in [5.74, 6) is 0. The molecule has 3 aromatic rings. The van der Waals surface area contributed by atoms with Gasteiger partial charge in [0.05, 0.1) is 0 Å². The smallest absolute Gasteiger partial charge is 0.372 e. The number of hydrogen-bond acceptors (Lipinski definition) is 3. The maximum atomic E-state index is 15.6. The van der Waals surface area contributed by atoms with Crippen molar-refractivity contribution in [3.8, 4) is 0 Å². The minimum atomic E-state index is -4.57. The minimum Gasteiger partial charge on any atom is -0.372 e. The SMILES string of the molecule is CCN(CC)c1ccc(C(c2ccc(N(CC)CC)cc2)(c2ccc(N(CC)CC)cc2)C(F)(F)F)cc1. The molecular weight excluding hydrogens is 483 g/mol. The summed E-state index contributed by atoms with van der Waals surface area (Å²) >= 11 is 0. The van der Waals surface area contributed by atoms with E-state index >= 15 is 13.2 Å². The molecule has 0 aliphatic rings. The van der Waals surface area contributed by atoms with Crippen LogP contribution in [0.3, 0.4) is 0 Å². The molecule has 0 bridgehead atoms. The normalized spacial score (nSPS) is 11.9. The third kappa shape index (κ3) is 5.50. The van der Waals surface area contributed by atoms with Gasteiger partial charge in [-0.2, -0.15) is 13.2 Å². The molecular formula is C32H42F3N3. The molecule has 0 aliphatic carbocycles. The second-order valence-electron chi connectivity index (χ2n) is 9.41. The number of hydrogen-bond donors (Lipinski definition) is 0. The van der Waals surface area contributed by atoms with Gasteiger partial charge in [-0.1, -0.05) is 36.4 Å². The second kappa shape index (κ2) is 12.6. The van der Waals surface area contributed by atoms with E-state index in [-0.39, 0.29) is 16.7 Å². The highest BCUT2D eigenvalue weighted by atomic mass is 19.4. The Labute approximate surface area is 226 Å². The number of anilines is 3. The summed E-state index contributed by atoms with van der Waals surface area (Å²) in [5, 5.41) is 0. The monoisotopic (exact) mass is 525 g/mol. The molecule has 0 aromatic heterocycles. The molecule has 3 rings (SSSR count). The summed E-state index contributed by atoms with van der Waals surface area (Å²) in [5.41, 5.74) is 1.10. The topological polar surface area (TPSA) is 9.72 Å². The molecule has 0 N–H and O–H groups in total. The quantitative estimate of drug-likeness (QED) is 0.221. The maximum absolute atomic E-state index is 15.6. The first-order chi connectivity index (χ1) is 18.2. The summed E-state index contributed by atoms with van der Waals surface area (Å²) in [6.45, 7) is 17.0. The predicted octanol–water partition coefficient (Wildman–Crippen LogP) is 8.12. The van der Waals surface area contributed by atoms with E-state index in [1.807, 2.05) is 77.9 Å². The minimum absolute atomic E-state index is 0.215. The number of nitrogens with zero attached hydrogens (tertiary/aromatic N) is 3. The third-order valence-corrected chi connectivity index (χ3v) is 7.71. The molecule has 0 unspecified atom stereocenters. The van der Waals surface area contributed by atoms with Crippen LogP contribution < -0.4 is 14.7 Å². The highest BCUT2D eigenvalue weighted by Gasteiger charge is 2.58. The summed E-state index contributed by atoms with van der Waals surface area (Å²) in [7, 11) is 0. The van der Waals surface area contributed by atoms with Crippen LogP contribution in [-0.4, -0.2) is 45.4 Å². The second-order valence-corrected chi connectivity index (χ2v) is 9.41. The molecule has 0 aliphatic heterocycles. The van der Waals surface area contributed by atoms with Crippen LogP contribution in [0.2, 0.25) is 0 Å². The third-order valence-electron chi connectivity index (χ3n) is 7.71. The van der Waals surface area contributed by atoms with Crippen LogP contribution in [0.5, 0.6) is 0 Å². The van der Waals surface area contributed by atoms with Crippen LogP contribution in [0.25, 0.3) is 0 Å². The van der Waals surface area contributed by atoms with E-state index in [0.29, 0.717) is 0 Å². The number of halogens is 3. The van der Waals surface area contributed by atoms with Gasteiger partial charge >= 0.3 is 6.18 Å². The van der Waals surface area contributed by atoms with E-state index < -0.39 is 11.6 Å². The van der Waals surface area contributed by atoms with Crippen molar-refractivity contribution in [1.29, 1.82) is 0 Å². The van der Waals surface area contributed by atoms with Gasteiger partial charge in [-0.05, 0) is 94.6 Å². The zero-order chi connectivity index (χ0) is 27.9. The molecule has 0 saturated carbocycles. The van der Waals surface area contributed by atoms with Crippen molar-refractivity contribution in [2.24, 2.45) is 0 Å². The van der Waals surface area contributed by atoms with Gasteiger partial charge in [0.15, 0.2) is 0 Å². The number of benzene rings is 3. The average molecular weight is 526 g/mol. The number of alkyl halides is 3. The molecule has 0 radical (unpaired) electrons. The summed E-state index contributed by atoms with van der Waals surface area (Å²) in [6, 6.07) is 20.8. The first-order valence-corrected chi connectivity index (χ1v) is 13.8. The van der Waals surface area contributed by atoms with Gasteiger partial charge in [0.2, 0.25) is 0 Å². The molecule has 0 spiro atoms. The lowest BCUT2D eigenvalue weighted by molar-refractivity contribution is -0.166. The Bertz CT molecular complexity index is 976. The molecule has 0 saturated heterocycles. The Morgan fingerprint density at radius 1 is 0.421 bits per heavy atom. The van der Waals surface area contributed by atoms with E-state index in [0.717, 1.165) is 56.3 Å². The van der Waals surface area contributed by atoms with E-state index in [1.165, 1.54) is 0 Å². The Balaban J connectivity index is 2.28. The molecule has 3 nitrogen and oxygen atoms in total. The van der Waals surface area contributed by atoms with Gasteiger partial charge < -0.3 is 14.7 Å². The van der Waals surface area contributed by atoms with Gasteiger partial charge in [-0.15, -0.1) is 0 Å². The zero-order valence-corrected chi connectivity index (χ0v) is 23.6. The molecule has 0 amide bonds. The van der Waals surface area contributed by atoms with Gasteiger partial charge in [0.1, 0.15) is 5.41 Å². The van der Waals surface area contributed by atoms with Crippen molar-refractivity contribution >= 4 is 17.1 Å². The predicted molar refractivity (Wildman–Crippen MR) is 156 cm³/mol. The summed E-state index contributed by atoms with van der Waals surface area (Å²) in [4.78, 5) is 6.41. The van der Waals surface area contributed by atoms with Crippen molar-refractivity contribution in [2.75, 3.05) is 54.0 Å². The van der Waals surface area contributed by atoms with Gasteiger partial charge in [0.25, 0.3) is 0 Å². The van der Waals surface area contributed by atoms with Crippen LogP contribution in [0, 0.1) is 0 Å². The zero-order valence-electron chi connectivity index (χ0n) is 23.6. The van der Waals surface area contributed by atoms with Gasteiger partial charge in [-0.25, -0.2) is 0 Å². The molecule has 0 atom stereocenters. The van der Waals surface area contributed by atoms with E-state index in [2.05, 4.69) is 14.7 Å². The lowest BCUT2D eigenvalue weighted by atomic mass is 9.68. The van der Waals surface area contributed by atoms with Crippen LogP contribution in [-0.2, 0) is 5.41 Å². The van der Waals surface area contributed by atoms with Crippen LogP contribution in [0.1, 0.15) is 58.2 Å². The van der Waals surface area contributed by atoms with E-state index in [9.17, 15) is 0 Å². The fourth-order valence-corrected chi connectivity index (χ4v) is 5.52. The van der Waals surface area contributed by atoms with Crippen LogP contribution in [0.15, 0.2) is 72.8 Å². The largest absolute Gasteiger partial charge is 0.406 e. The molecule has 0 fully saturated rings. The molecule has 6 heteroatoms. The highest BCUT2D eigenvalue weighted by molar-refractivity contribution is 5.60. The van der Waals surface area contributed by atoms with Crippen molar-refractivity contribution in [3.05, 3.63) is 89.5 Å². The average Bonchev–Trinajstić information content (AvgIpc) is 2.93. The van der Waals surface area contributed by atoms with E-state index in [1.54, 1.807) is 36.4 Å². The Hall–Kier alpha value is -3.15. The molecule has 38 heavy (non-hydrogen) atoms. The molecule has 3 aromatic carbocycles. The van der Waals surface area contributed by atoms with Crippen molar-refractivity contribution in [3.63, 3.8) is 0 Å². The molecule has 0 heterocycles. The fraction of sp³-hybridized carbons (Fsp3) is 0.438. The van der Waals surface area contributed by atoms with E-state index in [4.69, 9.17) is 0 Å². The van der Waals surface area contributed by atoms with Crippen LogP contribution in [0.4, 0.5) is 30.2 Å². The maximum Gasteiger partial charge on any atom is 0.406 e. The van der Waals surface area contributed by atoms with Gasteiger partial charge in [0, 0.05) is 56.3 Å². The standard InChI is InChI=1S/C32H42F3N3/c1-7-36(8-2)28-19-13-25(14-20-28)31(32(33,34)35,26-15-21-29(22-16-26)37(9-3)10-4)27-17-23-30(24-18-27)38(11-5)12-6/h13-24H,7-12H2,1-6H3. The Morgan fingerprint density at radius 2 is 0.632 bits per heavy atom. The lowest BCUT2D eigenvalue weighted by Gasteiger charge is -2.38. The fourth-order valence-electron chi connectivity index (χ4n) is 5.52. The van der Waals surface area contributed by atoms with Crippen LogP contribution >= 0.6 is 0 Å². The molecule has 206 valence electrons. The van der Waals surface area contributed by atoms with Crippen molar-refractivity contribution in [1.82, 2.24) is 0 Å². The number of rotatable bonds is 12. The summed E-state index contributed by atoms with van der Waals surface area (Å²) in [6.07, 6.45) is -4.57. The summed E-state index contributed by atoms with van der Waals surface area (Å²) < 4.78 is 46.7. The Kier molecular flexibility index (Phi) is 9.75. The van der Waals surface area contributed by atoms with Crippen molar-refractivity contribution < 1.29 is 13.2 Å². The van der Waals surface area contributed by atoms with Crippen molar-refractivity contribution in [2.45, 2.75) is 53.1 Å². The van der Waals surface area contributed by atoms with Gasteiger partial charge in [-0.3, -0.25) is 0 Å². The first-order valence-electron chi connectivity index (χ1n) is 13.8. The first kappa shape index (κ1) is 29.4. The highest BCUT2D eigenvalue weighted by Crippen LogP contribution is 2.52. The lowest BCUT2D eigenvalue weighted by Crippen LogP contribution is -2.44.